The van der Waals surface area contributed by atoms with Crippen LogP contribution < -0.4 is 0 Å². The van der Waals surface area contributed by atoms with Crippen LogP contribution in [0, 0.1) is 5.92 Å². The first-order valence-corrected chi connectivity index (χ1v) is 10.6. The minimum Gasteiger partial charge on any atom is -0.292 e. The smallest absolute Gasteiger partial charge is 0.128 e. The molecule has 5 heteroatoms. The Labute approximate surface area is 160 Å². The molecule has 3 aromatic rings. The van der Waals surface area contributed by atoms with Gasteiger partial charge in [-0.05, 0) is 52.7 Å². The second-order valence-corrected chi connectivity index (χ2v) is 9.13. The Morgan fingerprint density at radius 2 is 2.12 bits per heavy atom. The van der Waals surface area contributed by atoms with E-state index in [-0.39, 0.29) is 0 Å². The molecule has 0 N–H and O–H groups in total. The monoisotopic (exact) mass is 413 g/mol. The third kappa shape index (κ3) is 3.25. The normalized spacial score (nSPS) is 17.8. The standard InChI is InChI=1S/C20H20BrN3S/c21-20-15-3-1-2-4-17(15)25-18(20)12-24-8-7-14-10-22-19(9-13-5-6-13)23-16(14)11-24/h1-4,10,13H,5-9,11-12H2. The lowest BCUT2D eigenvalue weighted by molar-refractivity contribution is 0.242. The van der Waals surface area contributed by atoms with E-state index in [0.29, 0.717) is 0 Å². The molecule has 2 aromatic heterocycles. The number of thiophene rings is 1. The summed E-state index contributed by atoms with van der Waals surface area (Å²) in [5.41, 5.74) is 2.58. The Balaban J connectivity index is 1.36. The van der Waals surface area contributed by atoms with Crippen LogP contribution in [0.5, 0.6) is 0 Å². The van der Waals surface area contributed by atoms with Gasteiger partial charge in [0.25, 0.3) is 0 Å². The fourth-order valence-corrected chi connectivity index (χ4v) is 5.57. The summed E-state index contributed by atoms with van der Waals surface area (Å²) in [6.07, 6.45) is 6.91. The van der Waals surface area contributed by atoms with E-state index >= 15 is 0 Å². The molecule has 1 fully saturated rings. The van der Waals surface area contributed by atoms with Gasteiger partial charge in [-0.25, -0.2) is 9.97 Å². The molecule has 5 rings (SSSR count). The molecular weight excluding hydrogens is 394 g/mol. The molecule has 25 heavy (non-hydrogen) atoms. The maximum Gasteiger partial charge on any atom is 0.128 e. The zero-order valence-corrected chi connectivity index (χ0v) is 16.4. The number of fused-ring (bicyclic) bond motifs is 2. The summed E-state index contributed by atoms with van der Waals surface area (Å²) in [6, 6.07) is 8.63. The van der Waals surface area contributed by atoms with E-state index in [1.807, 2.05) is 11.3 Å². The van der Waals surface area contributed by atoms with E-state index in [2.05, 4.69) is 56.3 Å². The molecule has 0 atom stereocenters. The van der Waals surface area contributed by atoms with Crippen molar-refractivity contribution in [3.05, 3.63) is 56.9 Å². The van der Waals surface area contributed by atoms with Crippen molar-refractivity contribution in [2.45, 2.75) is 38.8 Å². The van der Waals surface area contributed by atoms with Crippen LogP contribution >= 0.6 is 27.3 Å². The first kappa shape index (κ1) is 15.9. The van der Waals surface area contributed by atoms with Gasteiger partial charge in [-0.1, -0.05) is 18.2 Å². The zero-order valence-electron chi connectivity index (χ0n) is 14.0. The van der Waals surface area contributed by atoms with Crippen molar-refractivity contribution in [2.75, 3.05) is 6.54 Å². The van der Waals surface area contributed by atoms with Gasteiger partial charge >= 0.3 is 0 Å². The molecule has 3 heterocycles. The van der Waals surface area contributed by atoms with Crippen LogP contribution in [0.2, 0.25) is 0 Å². The number of halogens is 1. The number of benzene rings is 1. The van der Waals surface area contributed by atoms with Crippen LogP contribution in [0.4, 0.5) is 0 Å². The highest BCUT2D eigenvalue weighted by Gasteiger charge is 2.25. The molecule has 3 nitrogen and oxygen atoms in total. The fourth-order valence-electron chi connectivity index (χ4n) is 3.58. The Hall–Kier alpha value is -1.30. The molecule has 0 bridgehead atoms. The Kier molecular flexibility index (Phi) is 4.11. The average molecular weight is 414 g/mol. The van der Waals surface area contributed by atoms with Gasteiger partial charge in [-0.3, -0.25) is 4.90 Å². The molecule has 1 aromatic carbocycles. The minimum atomic E-state index is 0.840. The first-order valence-electron chi connectivity index (χ1n) is 8.98. The second kappa shape index (κ2) is 6.45. The highest BCUT2D eigenvalue weighted by Crippen LogP contribution is 2.37. The van der Waals surface area contributed by atoms with Gasteiger partial charge in [0.1, 0.15) is 5.82 Å². The first-order chi connectivity index (χ1) is 12.3. The van der Waals surface area contributed by atoms with Crippen LogP contribution in [0.15, 0.2) is 34.9 Å². The van der Waals surface area contributed by atoms with E-state index in [1.165, 1.54) is 43.5 Å². The predicted octanol–water partition coefficient (Wildman–Crippen LogP) is 4.96. The van der Waals surface area contributed by atoms with Crippen LogP contribution in [0.25, 0.3) is 10.1 Å². The van der Waals surface area contributed by atoms with Crippen molar-refractivity contribution in [1.29, 1.82) is 0 Å². The predicted molar refractivity (Wildman–Crippen MR) is 106 cm³/mol. The summed E-state index contributed by atoms with van der Waals surface area (Å²) >= 11 is 5.71. The number of rotatable bonds is 4. The maximum absolute atomic E-state index is 4.89. The van der Waals surface area contributed by atoms with Crippen molar-refractivity contribution in [1.82, 2.24) is 14.9 Å². The lowest BCUT2D eigenvalue weighted by Gasteiger charge is -2.27. The highest BCUT2D eigenvalue weighted by atomic mass is 79.9. The molecule has 0 radical (unpaired) electrons. The fraction of sp³-hybridized carbons (Fsp3) is 0.400. The molecule has 2 aliphatic rings. The number of nitrogens with zero attached hydrogens (tertiary/aromatic N) is 3. The van der Waals surface area contributed by atoms with Crippen molar-refractivity contribution in [2.24, 2.45) is 5.92 Å². The summed E-state index contributed by atoms with van der Waals surface area (Å²) in [4.78, 5) is 13.4. The minimum absolute atomic E-state index is 0.840. The van der Waals surface area contributed by atoms with E-state index in [0.717, 1.165) is 44.2 Å². The number of hydrogen-bond acceptors (Lipinski definition) is 4. The summed E-state index contributed by atoms with van der Waals surface area (Å²) in [7, 11) is 0. The third-order valence-electron chi connectivity index (χ3n) is 5.21. The quantitative estimate of drug-likeness (QED) is 0.604. The molecular formula is C20H20BrN3S. The van der Waals surface area contributed by atoms with Gasteiger partial charge in [0, 0.05) is 51.7 Å². The largest absolute Gasteiger partial charge is 0.292 e. The van der Waals surface area contributed by atoms with Gasteiger partial charge in [-0.15, -0.1) is 11.3 Å². The number of aromatic nitrogens is 2. The van der Waals surface area contributed by atoms with Crippen LogP contribution in [0.3, 0.4) is 0 Å². The molecule has 128 valence electrons. The zero-order chi connectivity index (χ0) is 16.8. The van der Waals surface area contributed by atoms with E-state index in [9.17, 15) is 0 Å². The van der Waals surface area contributed by atoms with E-state index in [4.69, 9.17) is 4.98 Å². The van der Waals surface area contributed by atoms with E-state index < -0.39 is 0 Å². The van der Waals surface area contributed by atoms with Crippen molar-refractivity contribution >= 4 is 37.4 Å². The SMILES string of the molecule is Brc1c(CN2CCc3cnc(CC4CC4)nc3C2)sc2ccccc12. The van der Waals surface area contributed by atoms with Crippen molar-refractivity contribution in [3.8, 4) is 0 Å². The third-order valence-corrected chi connectivity index (χ3v) is 7.54. The molecule has 0 unspecified atom stereocenters. The molecule has 0 amide bonds. The topological polar surface area (TPSA) is 29.0 Å². The van der Waals surface area contributed by atoms with Gasteiger partial charge < -0.3 is 0 Å². The van der Waals surface area contributed by atoms with Crippen LogP contribution in [-0.2, 0) is 25.9 Å². The molecule has 1 aliphatic carbocycles. The molecule has 0 saturated heterocycles. The molecule has 1 aliphatic heterocycles. The van der Waals surface area contributed by atoms with Crippen molar-refractivity contribution < 1.29 is 0 Å². The van der Waals surface area contributed by atoms with Gasteiger partial charge in [-0.2, -0.15) is 0 Å². The summed E-state index contributed by atoms with van der Waals surface area (Å²) in [5, 5.41) is 1.33. The average Bonchev–Trinajstić information content (AvgIpc) is 3.39. The second-order valence-electron chi connectivity index (χ2n) is 7.20. The Morgan fingerprint density at radius 1 is 1.24 bits per heavy atom. The van der Waals surface area contributed by atoms with Crippen LogP contribution in [-0.4, -0.2) is 21.4 Å². The van der Waals surface area contributed by atoms with E-state index in [1.54, 1.807) is 0 Å². The van der Waals surface area contributed by atoms with Gasteiger partial charge in [0.05, 0.1) is 5.69 Å². The lowest BCUT2D eigenvalue weighted by Crippen LogP contribution is -2.31. The highest BCUT2D eigenvalue weighted by molar-refractivity contribution is 9.10. The lowest BCUT2D eigenvalue weighted by atomic mass is 10.1. The summed E-state index contributed by atoms with van der Waals surface area (Å²) in [5.74, 6) is 1.89. The van der Waals surface area contributed by atoms with Crippen molar-refractivity contribution in [3.63, 3.8) is 0 Å². The number of hydrogen-bond donors (Lipinski definition) is 0. The van der Waals surface area contributed by atoms with Gasteiger partial charge in [0.2, 0.25) is 0 Å². The maximum atomic E-state index is 4.89. The Bertz CT molecular complexity index is 932. The van der Waals surface area contributed by atoms with Gasteiger partial charge in [0.15, 0.2) is 0 Å². The van der Waals surface area contributed by atoms with Crippen LogP contribution in [0.1, 0.15) is 34.8 Å². The molecule has 1 saturated carbocycles. The summed E-state index contributed by atoms with van der Waals surface area (Å²) < 4.78 is 2.62. The Morgan fingerprint density at radius 3 is 2.96 bits per heavy atom. The molecule has 0 spiro atoms. The summed E-state index contributed by atoms with van der Waals surface area (Å²) in [6.45, 7) is 3.01.